The molecule has 20 heavy (non-hydrogen) atoms. The Kier molecular flexibility index (Phi) is 4.85. The summed E-state index contributed by atoms with van der Waals surface area (Å²) in [6.07, 6.45) is 2.69. The number of hydrogen-bond donors (Lipinski definition) is 2. The molecule has 7 heteroatoms. The highest BCUT2D eigenvalue weighted by molar-refractivity contribution is 7.91. The molecule has 0 aliphatic carbocycles. The van der Waals surface area contributed by atoms with Crippen LogP contribution < -0.4 is 5.46 Å². The van der Waals surface area contributed by atoms with Crippen LogP contribution >= 0.6 is 0 Å². The minimum absolute atomic E-state index is 0.203. The van der Waals surface area contributed by atoms with Gasteiger partial charge in [0.05, 0.1) is 5.25 Å². The predicted octanol–water partition coefficient (Wildman–Crippen LogP) is -0.625. The lowest BCUT2D eigenvalue weighted by atomic mass is 9.80. The molecule has 5 nitrogen and oxygen atoms in total. The van der Waals surface area contributed by atoms with E-state index in [0.717, 1.165) is 25.2 Å². The second kappa shape index (κ2) is 6.26. The van der Waals surface area contributed by atoms with Gasteiger partial charge in [0.1, 0.15) is 9.84 Å². The largest absolute Gasteiger partial charge is 0.488 e. The van der Waals surface area contributed by atoms with E-state index < -0.39 is 17.0 Å². The van der Waals surface area contributed by atoms with Gasteiger partial charge in [-0.2, -0.15) is 0 Å². The first-order valence-corrected chi connectivity index (χ1v) is 8.68. The summed E-state index contributed by atoms with van der Waals surface area (Å²) in [4.78, 5) is 2.23. The molecule has 0 saturated carbocycles. The Labute approximate surface area is 120 Å². The van der Waals surface area contributed by atoms with Crippen molar-refractivity contribution in [3.8, 4) is 0 Å². The van der Waals surface area contributed by atoms with Gasteiger partial charge in [0.15, 0.2) is 0 Å². The van der Waals surface area contributed by atoms with Gasteiger partial charge in [-0.25, -0.2) is 8.42 Å². The minimum atomic E-state index is -2.92. The lowest BCUT2D eigenvalue weighted by Gasteiger charge is -2.31. The topological polar surface area (TPSA) is 77.8 Å². The van der Waals surface area contributed by atoms with Crippen molar-refractivity contribution in [2.45, 2.75) is 24.6 Å². The summed E-state index contributed by atoms with van der Waals surface area (Å²) in [6.45, 7) is 2.32. The fourth-order valence-corrected chi connectivity index (χ4v) is 3.62. The van der Waals surface area contributed by atoms with Crippen molar-refractivity contribution in [3.63, 3.8) is 0 Å². The molecule has 0 unspecified atom stereocenters. The van der Waals surface area contributed by atoms with Crippen molar-refractivity contribution in [1.29, 1.82) is 0 Å². The molecule has 1 saturated heterocycles. The Balaban J connectivity index is 1.89. The predicted molar refractivity (Wildman–Crippen MR) is 79.4 cm³/mol. The van der Waals surface area contributed by atoms with Gasteiger partial charge in [0.2, 0.25) is 0 Å². The molecule has 1 aliphatic rings. The van der Waals surface area contributed by atoms with Crippen molar-refractivity contribution in [2.24, 2.45) is 0 Å². The molecule has 1 aliphatic heterocycles. The van der Waals surface area contributed by atoms with Gasteiger partial charge in [-0.3, -0.25) is 4.90 Å². The SMILES string of the molecule is CS(=O)(=O)C1CCN(Cc2ccc(B(O)O)cc2)CC1. The van der Waals surface area contributed by atoms with Gasteiger partial charge in [0.25, 0.3) is 0 Å². The van der Waals surface area contributed by atoms with E-state index in [1.807, 2.05) is 12.1 Å². The maximum absolute atomic E-state index is 11.5. The van der Waals surface area contributed by atoms with E-state index in [-0.39, 0.29) is 5.25 Å². The van der Waals surface area contributed by atoms with Crippen molar-refractivity contribution >= 4 is 22.4 Å². The molecular formula is C13H20BNO4S. The van der Waals surface area contributed by atoms with E-state index in [1.165, 1.54) is 6.26 Å². The molecule has 2 N–H and O–H groups in total. The molecule has 2 rings (SSSR count). The third kappa shape index (κ3) is 4.05. The first-order chi connectivity index (χ1) is 9.36. The fourth-order valence-electron chi connectivity index (χ4n) is 2.55. The maximum Gasteiger partial charge on any atom is 0.488 e. The van der Waals surface area contributed by atoms with Gasteiger partial charge in [-0.05, 0) is 37.0 Å². The molecule has 0 amide bonds. The summed E-state index contributed by atoms with van der Waals surface area (Å²) >= 11 is 0. The lowest BCUT2D eigenvalue weighted by Crippen LogP contribution is -2.38. The van der Waals surface area contributed by atoms with Crippen LogP contribution in [0, 0.1) is 0 Å². The first kappa shape index (κ1) is 15.5. The summed E-state index contributed by atoms with van der Waals surface area (Å²) in [5, 5.41) is 17.9. The number of nitrogens with zero attached hydrogens (tertiary/aromatic N) is 1. The minimum Gasteiger partial charge on any atom is -0.423 e. The third-order valence-electron chi connectivity index (χ3n) is 3.82. The van der Waals surface area contributed by atoms with E-state index in [1.54, 1.807) is 12.1 Å². The van der Waals surface area contributed by atoms with E-state index in [2.05, 4.69) is 4.90 Å². The van der Waals surface area contributed by atoms with E-state index in [4.69, 9.17) is 10.0 Å². The Morgan fingerprint density at radius 1 is 1.20 bits per heavy atom. The van der Waals surface area contributed by atoms with E-state index in [9.17, 15) is 8.42 Å². The monoisotopic (exact) mass is 297 g/mol. The number of rotatable bonds is 4. The molecule has 1 aromatic rings. The summed E-state index contributed by atoms with van der Waals surface area (Å²) in [7, 11) is -4.36. The van der Waals surface area contributed by atoms with Crippen molar-refractivity contribution in [2.75, 3.05) is 19.3 Å². The number of benzene rings is 1. The zero-order valence-corrected chi connectivity index (χ0v) is 12.4. The Morgan fingerprint density at radius 3 is 2.20 bits per heavy atom. The smallest absolute Gasteiger partial charge is 0.423 e. The van der Waals surface area contributed by atoms with Gasteiger partial charge >= 0.3 is 7.12 Å². The number of hydrogen-bond acceptors (Lipinski definition) is 5. The van der Waals surface area contributed by atoms with Crippen molar-refractivity contribution in [1.82, 2.24) is 4.90 Å². The normalized spacial score (nSPS) is 18.1. The van der Waals surface area contributed by atoms with Crippen molar-refractivity contribution in [3.05, 3.63) is 29.8 Å². The third-order valence-corrected chi connectivity index (χ3v) is 5.51. The second-order valence-electron chi connectivity index (χ2n) is 5.42. The van der Waals surface area contributed by atoms with Gasteiger partial charge < -0.3 is 10.0 Å². The van der Waals surface area contributed by atoms with Crippen molar-refractivity contribution < 1.29 is 18.5 Å². The summed E-state index contributed by atoms with van der Waals surface area (Å²) in [6, 6.07) is 7.14. The average molecular weight is 297 g/mol. The molecule has 0 spiro atoms. The van der Waals surface area contributed by atoms with Crippen LogP contribution in [0.25, 0.3) is 0 Å². The van der Waals surface area contributed by atoms with Crippen LogP contribution in [0.3, 0.4) is 0 Å². The van der Waals surface area contributed by atoms with Crippen LogP contribution in [0.4, 0.5) is 0 Å². The molecular weight excluding hydrogens is 277 g/mol. The highest BCUT2D eigenvalue weighted by Gasteiger charge is 2.26. The number of likely N-dealkylation sites (tertiary alicyclic amines) is 1. The Morgan fingerprint density at radius 2 is 1.75 bits per heavy atom. The van der Waals surface area contributed by atoms with E-state index in [0.29, 0.717) is 18.3 Å². The Bertz CT molecular complexity index is 536. The van der Waals surface area contributed by atoms with E-state index >= 15 is 0 Å². The van der Waals surface area contributed by atoms with Gasteiger partial charge in [-0.1, -0.05) is 24.3 Å². The lowest BCUT2D eigenvalue weighted by molar-refractivity contribution is 0.222. The standard InChI is InChI=1S/C13H20BNO4S/c1-20(18,19)13-6-8-15(9-7-13)10-11-2-4-12(5-3-11)14(16)17/h2-5,13,16-17H,6-10H2,1H3. The molecule has 0 radical (unpaired) electrons. The molecule has 1 aromatic carbocycles. The zero-order chi connectivity index (χ0) is 14.8. The molecule has 1 heterocycles. The summed E-state index contributed by atoms with van der Waals surface area (Å²) in [5.74, 6) is 0. The van der Waals surface area contributed by atoms with Crippen LogP contribution in [-0.2, 0) is 16.4 Å². The fraction of sp³-hybridized carbons (Fsp3) is 0.538. The average Bonchev–Trinajstić information content (AvgIpc) is 2.39. The molecule has 0 atom stereocenters. The van der Waals surface area contributed by atoms with Crippen LogP contribution in [0.1, 0.15) is 18.4 Å². The van der Waals surface area contributed by atoms with Crippen LogP contribution in [-0.4, -0.2) is 55.1 Å². The molecule has 1 fully saturated rings. The zero-order valence-electron chi connectivity index (χ0n) is 11.6. The highest BCUT2D eigenvalue weighted by Crippen LogP contribution is 2.18. The quantitative estimate of drug-likeness (QED) is 0.724. The number of sulfone groups is 1. The highest BCUT2D eigenvalue weighted by atomic mass is 32.2. The van der Waals surface area contributed by atoms with Crippen LogP contribution in [0.15, 0.2) is 24.3 Å². The number of piperidine rings is 1. The van der Waals surface area contributed by atoms with Gasteiger partial charge in [0, 0.05) is 12.8 Å². The molecule has 0 aromatic heterocycles. The first-order valence-electron chi connectivity index (χ1n) is 6.72. The summed E-state index contributed by atoms with van der Waals surface area (Å²) in [5.41, 5.74) is 1.57. The summed E-state index contributed by atoms with van der Waals surface area (Å²) < 4.78 is 23.0. The molecule has 110 valence electrons. The van der Waals surface area contributed by atoms with Crippen LogP contribution in [0.2, 0.25) is 0 Å². The second-order valence-corrected chi connectivity index (χ2v) is 7.75. The van der Waals surface area contributed by atoms with Crippen LogP contribution in [0.5, 0.6) is 0 Å². The Hall–Kier alpha value is -0.885. The van der Waals surface area contributed by atoms with Gasteiger partial charge in [-0.15, -0.1) is 0 Å². The molecule has 0 bridgehead atoms. The maximum atomic E-state index is 11.5.